The van der Waals surface area contributed by atoms with Crippen LogP contribution in [0.25, 0.3) is 0 Å². The third-order valence-corrected chi connectivity index (χ3v) is 3.24. The van der Waals surface area contributed by atoms with E-state index in [4.69, 9.17) is 27.3 Å². The van der Waals surface area contributed by atoms with Gasteiger partial charge >= 0.3 is 0 Å². The summed E-state index contributed by atoms with van der Waals surface area (Å²) in [5.74, 6) is 0.978. The minimum Gasteiger partial charge on any atom is -0.454 e. The van der Waals surface area contributed by atoms with Gasteiger partial charge in [-0.05, 0) is 42.8 Å². The summed E-state index contributed by atoms with van der Waals surface area (Å²) in [6.45, 7) is 1.89. The van der Waals surface area contributed by atoms with Crippen LogP contribution in [-0.2, 0) is 0 Å². The van der Waals surface area contributed by atoms with E-state index < -0.39 is 0 Å². The number of ether oxygens (including phenoxy) is 1. The Balaban J connectivity index is 2.45. The van der Waals surface area contributed by atoms with Gasteiger partial charge < -0.3 is 10.5 Å². The summed E-state index contributed by atoms with van der Waals surface area (Å²) in [4.78, 5) is 0. The molecule has 0 atom stereocenters. The highest BCUT2D eigenvalue weighted by Gasteiger charge is 2.11. The molecule has 0 saturated heterocycles. The first-order valence-corrected chi connectivity index (χ1v) is 6.61. The van der Waals surface area contributed by atoms with Crippen molar-refractivity contribution in [1.29, 1.82) is 5.26 Å². The van der Waals surface area contributed by atoms with Crippen LogP contribution in [0.1, 0.15) is 11.1 Å². The number of nitrogens with zero attached hydrogens (tertiary/aromatic N) is 1. The maximum absolute atomic E-state index is 9.08. The molecule has 0 aliphatic rings. The molecule has 96 valence electrons. The highest BCUT2D eigenvalue weighted by atomic mass is 79.9. The number of hydrogen-bond acceptors (Lipinski definition) is 3. The molecule has 0 spiro atoms. The van der Waals surface area contributed by atoms with Gasteiger partial charge in [0.1, 0.15) is 11.8 Å². The van der Waals surface area contributed by atoms with Gasteiger partial charge in [0.25, 0.3) is 0 Å². The van der Waals surface area contributed by atoms with Gasteiger partial charge in [0, 0.05) is 9.50 Å². The molecule has 0 saturated carbocycles. The molecule has 0 aromatic heterocycles. The highest BCUT2D eigenvalue weighted by molar-refractivity contribution is 9.10. The van der Waals surface area contributed by atoms with Crippen molar-refractivity contribution < 1.29 is 4.74 Å². The van der Waals surface area contributed by atoms with Crippen molar-refractivity contribution in [1.82, 2.24) is 0 Å². The molecule has 0 aliphatic carbocycles. The third-order valence-electron chi connectivity index (χ3n) is 2.54. The minimum absolute atomic E-state index is 0.370. The summed E-state index contributed by atoms with van der Waals surface area (Å²) in [6, 6.07) is 10.6. The Kier molecular flexibility index (Phi) is 3.98. The van der Waals surface area contributed by atoms with Crippen molar-refractivity contribution in [3.05, 3.63) is 51.0 Å². The van der Waals surface area contributed by atoms with E-state index in [-0.39, 0.29) is 0 Å². The number of nitrogen functional groups attached to an aromatic ring is 1. The third kappa shape index (κ3) is 3.01. The molecule has 2 aromatic carbocycles. The quantitative estimate of drug-likeness (QED) is 0.811. The van der Waals surface area contributed by atoms with Crippen LogP contribution in [0.3, 0.4) is 0 Å². The van der Waals surface area contributed by atoms with Crippen LogP contribution in [0, 0.1) is 18.3 Å². The Bertz CT molecular complexity index is 657. The summed E-state index contributed by atoms with van der Waals surface area (Å²) in [6.07, 6.45) is 0. The number of hydrogen-bond donors (Lipinski definition) is 1. The van der Waals surface area contributed by atoms with Crippen molar-refractivity contribution in [3.8, 4) is 17.6 Å². The number of benzene rings is 2. The molecule has 0 bridgehead atoms. The summed E-state index contributed by atoms with van der Waals surface area (Å²) >= 11 is 9.21. The second-order valence-corrected chi connectivity index (χ2v) is 5.35. The molecule has 5 heteroatoms. The summed E-state index contributed by atoms with van der Waals surface area (Å²) < 4.78 is 6.63. The molecule has 0 radical (unpaired) electrons. The van der Waals surface area contributed by atoms with E-state index in [1.165, 1.54) is 0 Å². The zero-order valence-corrected chi connectivity index (χ0v) is 12.4. The van der Waals surface area contributed by atoms with Crippen molar-refractivity contribution in [2.45, 2.75) is 6.92 Å². The second kappa shape index (κ2) is 5.52. The number of anilines is 1. The van der Waals surface area contributed by atoms with E-state index in [1.807, 2.05) is 19.1 Å². The molecule has 2 aromatic rings. The van der Waals surface area contributed by atoms with E-state index >= 15 is 0 Å². The molecular formula is C14H10BrClN2O. The molecule has 3 nitrogen and oxygen atoms in total. The Hall–Kier alpha value is -1.70. The lowest BCUT2D eigenvalue weighted by molar-refractivity contribution is 0.479. The van der Waals surface area contributed by atoms with Crippen LogP contribution in [0.5, 0.6) is 11.5 Å². The average molecular weight is 338 g/mol. The Morgan fingerprint density at radius 2 is 2.05 bits per heavy atom. The fourth-order valence-electron chi connectivity index (χ4n) is 1.68. The van der Waals surface area contributed by atoms with Crippen molar-refractivity contribution in [3.63, 3.8) is 0 Å². The van der Waals surface area contributed by atoms with Gasteiger partial charge in [0.15, 0.2) is 5.75 Å². The maximum atomic E-state index is 9.08. The van der Waals surface area contributed by atoms with Gasteiger partial charge in [-0.2, -0.15) is 5.26 Å². The van der Waals surface area contributed by atoms with Gasteiger partial charge in [-0.25, -0.2) is 0 Å². The molecule has 19 heavy (non-hydrogen) atoms. The second-order valence-electron chi connectivity index (χ2n) is 4.00. The number of rotatable bonds is 2. The fourth-order valence-corrected chi connectivity index (χ4v) is 2.45. The smallest absolute Gasteiger partial charge is 0.153 e. The van der Waals surface area contributed by atoms with Crippen molar-refractivity contribution >= 4 is 33.2 Å². The normalized spacial score (nSPS) is 10.0. The fraction of sp³-hybridized carbons (Fsp3) is 0.0714. The molecule has 0 amide bonds. The van der Waals surface area contributed by atoms with Crippen molar-refractivity contribution in [2.75, 3.05) is 5.73 Å². The standard InChI is InChI=1S/C14H10BrClN2O/c1-8-4-10(15)6-12(18)14(8)19-13-3-2-11(16)5-9(13)7-17/h2-6H,18H2,1H3. The first-order valence-electron chi connectivity index (χ1n) is 5.44. The monoisotopic (exact) mass is 336 g/mol. The van der Waals surface area contributed by atoms with Crippen molar-refractivity contribution in [2.24, 2.45) is 0 Å². The number of halogens is 2. The van der Waals surface area contributed by atoms with Crippen LogP contribution in [0.4, 0.5) is 5.69 Å². The van der Waals surface area contributed by atoms with Crippen LogP contribution in [-0.4, -0.2) is 0 Å². The SMILES string of the molecule is Cc1cc(Br)cc(N)c1Oc1ccc(Cl)cc1C#N. The first kappa shape index (κ1) is 13.7. The predicted octanol–water partition coefficient (Wildman–Crippen LogP) is 4.66. The van der Waals surface area contributed by atoms with Gasteiger partial charge in [-0.3, -0.25) is 0 Å². The summed E-state index contributed by atoms with van der Waals surface area (Å²) in [5.41, 5.74) is 7.68. The lowest BCUT2D eigenvalue weighted by Gasteiger charge is -2.13. The molecule has 2 rings (SSSR count). The van der Waals surface area contributed by atoms with E-state index in [2.05, 4.69) is 15.9 Å². The lowest BCUT2D eigenvalue weighted by Crippen LogP contribution is -1.96. The summed E-state index contributed by atoms with van der Waals surface area (Å²) in [7, 11) is 0. The lowest BCUT2D eigenvalue weighted by atomic mass is 10.2. The van der Waals surface area contributed by atoms with E-state index in [9.17, 15) is 0 Å². The highest BCUT2D eigenvalue weighted by Crippen LogP contribution is 2.35. The average Bonchev–Trinajstić information content (AvgIpc) is 2.35. The molecule has 0 unspecified atom stereocenters. The number of nitriles is 1. The Labute approximate surface area is 124 Å². The molecular weight excluding hydrogens is 328 g/mol. The molecule has 2 N–H and O–H groups in total. The van der Waals surface area contributed by atoms with Crippen LogP contribution >= 0.6 is 27.5 Å². The van der Waals surface area contributed by atoms with E-state index in [0.717, 1.165) is 10.0 Å². The molecule has 0 fully saturated rings. The molecule has 0 aliphatic heterocycles. The zero-order chi connectivity index (χ0) is 14.0. The van der Waals surface area contributed by atoms with Crippen LogP contribution < -0.4 is 10.5 Å². The zero-order valence-electron chi connectivity index (χ0n) is 10.1. The van der Waals surface area contributed by atoms with E-state index in [1.54, 1.807) is 24.3 Å². The van der Waals surface area contributed by atoms with Gasteiger partial charge in [0.2, 0.25) is 0 Å². The van der Waals surface area contributed by atoms with Crippen LogP contribution in [0.2, 0.25) is 5.02 Å². The van der Waals surface area contributed by atoms with Gasteiger partial charge in [-0.1, -0.05) is 27.5 Å². The number of aryl methyl sites for hydroxylation is 1. The minimum atomic E-state index is 0.370. The van der Waals surface area contributed by atoms with Crippen LogP contribution in [0.15, 0.2) is 34.8 Å². The Morgan fingerprint density at radius 3 is 2.68 bits per heavy atom. The largest absolute Gasteiger partial charge is 0.454 e. The molecule has 0 heterocycles. The Morgan fingerprint density at radius 1 is 1.32 bits per heavy atom. The van der Waals surface area contributed by atoms with E-state index in [0.29, 0.717) is 27.8 Å². The maximum Gasteiger partial charge on any atom is 0.153 e. The summed E-state index contributed by atoms with van der Waals surface area (Å²) in [5, 5.41) is 9.57. The first-order chi connectivity index (χ1) is 9.01. The van der Waals surface area contributed by atoms with Gasteiger partial charge in [-0.15, -0.1) is 0 Å². The number of nitrogens with two attached hydrogens (primary N) is 1. The predicted molar refractivity (Wildman–Crippen MR) is 79.5 cm³/mol. The van der Waals surface area contributed by atoms with Gasteiger partial charge in [0.05, 0.1) is 11.3 Å². The topological polar surface area (TPSA) is 59.0 Å².